The molecule has 2 aromatic carbocycles. The molecule has 2 nitrogen and oxygen atoms in total. The van der Waals surface area contributed by atoms with Crippen LogP contribution in [0.3, 0.4) is 0 Å². The maximum atomic E-state index is 12.1. The number of ketones is 1. The third-order valence-electron chi connectivity index (χ3n) is 2.82. The highest BCUT2D eigenvalue weighted by molar-refractivity contribution is 8.00. The van der Waals surface area contributed by atoms with Crippen LogP contribution in [0.2, 0.25) is 0 Å². The molecular weight excluding hydrogens is 288 g/mol. The normalized spacial score (nSPS) is 10.3. The van der Waals surface area contributed by atoms with Crippen molar-refractivity contribution >= 4 is 29.3 Å². The van der Waals surface area contributed by atoms with Gasteiger partial charge in [-0.2, -0.15) is 0 Å². The summed E-state index contributed by atoms with van der Waals surface area (Å²) in [7, 11) is 1.64. The van der Waals surface area contributed by atoms with Crippen molar-refractivity contribution in [1.29, 1.82) is 0 Å². The summed E-state index contributed by atoms with van der Waals surface area (Å²) in [5.41, 5.74) is 0.762. The molecule has 0 fully saturated rings. The molecule has 0 atom stereocenters. The molecule has 0 aliphatic carbocycles. The van der Waals surface area contributed by atoms with Crippen LogP contribution in [0.15, 0.2) is 58.3 Å². The maximum absolute atomic E-state index is 12.1. The van der Waals surface area contributed by atoms with Gasteiger partial charge >= 0.3 is 0 Å². The first-order valence-corrected chi connectivity index (χ1v) is 8.38. The molecule has 0 saturated heterocycles. The Morgan fingerprint density at radius 3 is 2.50 bits per heavy atom. The largest absolute Gasteiger partial charge is 0.497 e. The lowest BCUT2D eigenvalue weighted by molar-refractivity contribution is 0.102. The average molecular weight is 304 g/mol. The van der Waals surface area contributed by atoms with Crippen LogP contribution in [0, 0.1) is 0 Å². The molecule has 4 heteroatoms. The van der Waals surface area contributed by atoms with Crippen molar-refractivity contribution in [2.24, 2.45) is 0 Å². The zero-order chi connectivity index (χ0) is 14.4. The van der Waals surface area contributed by atoms with E-state index in [9.17, 15) is 4.79 Å². The Balaban J connectivity index is 1.97. The number of hydrogen-bond donors (Lipinski definition) is 0. The molecule has 0 bridgehead atoms. The summed E-state index contributed by atoms with van der Waals surface area (Å²) in [6, 6.07) is 15.5. The summed E-state index contributed by atoms with van der Waals surface area (Å²) in [6.45, 7) is 0. The van der Waals surface area contributed by atoms with Gasteiger partial charge < -0.3 is 4.74 Å². The number of methoxy groups -OCH3 is 1. The van der Waals surface area contributed by atoms with Gasteiger partial charge in [-0.3, -0.25) is 4.79 Å². The Labute approximate surface area is 127 Å². The van der Waals surface area contributed by atoms with Gasteiger partial charge in [0.2, 0.25) is 0 Å². The van der Waals surface area contributed by atoms with E-state index in [2.05, 4.69) is 0 Å². The molecule has 0 aliphatic rings. The van der Waals surface area contributed by atoms with E-state index in [1.165, 1.54) is 16.7 Å². The van der Waals surface area contributed by atoms with Gasteiger partial charge in [-0.25, -0.2) is 0 Å². The first kappa shape index (κ1) is 15.0. The minimum Gasteiger partial charge on any atom is -0.497 e. The smallest absolute Gasteiger partial charge is 0.173 e. The summed E-state index contributed by atoms with van der Waals surface area (Å²) in [5.74, 6) is 1.39. The number of hydrogen-bond acceptors (Lipinski definition) is 4. The molecule has 0 radical (unpaired) electrons. The molecule has 0 spiro atoms. The molecule has 0 amide bonds. The van der Waals surface area contributed by atoms with Crippen molar-refractivity contribution < 1.29 is 9.53 Å². The Kier molecular flexibility index (Phi) is 5.56. The van der Waals surface area contributed by atoms with Crippen molar-refractivity contribution in [2.75, 3.05) is 19.1 Å². The first-order chi connectivity index (χ1) is 9.72. The highest BCUT2D eigenvalue weighted by Crippen LogP contribution is 2.24. The van der Waals surface area contributed by atoms with Gasteiger partial charge in [0.1, 0.15) is 5.75 Å². The molecule has 0 aliphatic heterocycles. The predicted octanol–water partition coefficient (Wildman–Crippen LogP) is 4.39. The van der Waals surface area contributed by atoms with Gasteiger partial charge in [0.25, 0.3) is 0 Å². The van der Waals surface area contributed by atoms with Gasteiger partial charge in [0.15, 0.2) is 5.78 Å². The Morgan fingerprint density at radius 1 is 1.10 bits per heavy atom. The number of ether oxygens (including phenoxy) is 1. The van der Waals surface area contributed by atoms with Crippen LogP contribution in [-0.4, -0.2) is 24.9 Å². The molecule has 0 unspecified atom stereocenters. The third-order valence-corrected chi connectivity index (χ3v) is 4.56. The number of benzene rings is 2. The van der Waals surface area contributed by atoms with E-state index in [0.29, 0.717) is 5.75 Å². The molecule has 0 heterocycles. The van der Waals surface area contributed by atoms with Crippen molar-refractivity contribution in [3.05, 3.63) is 54.1 Å². The Morgan fingerprint density at radius 2 is 1.85 bits per heavy atom. The van der Waals surface area contributed by atoms with Crippen LogP contribution in [0.4, 0.5) is 0 Å². The van der Waals surface area contributed by atoms with E-state index in [4.69, 9.17) is 4.74 Å². The van der Waals surface area contributed by atoms with Gasteiger partial charge in [-0.15, -0.1) is 23.5 Å². The van der Waals surface area contributed by atoms with Crippen LogP contribution >= 0.6 is 23.5 Å². The van der Waals surface area contributed by atoms with Crippen LogP contribution in [0.25, 0.3) is 0 Å². The number of carbonyl (C=O) groups is 1. The molecular formula is C16H16O2S2. The number of rotatable bonds is 6. The molecule has 20 heavy (non-hydrogen) atoms. The average Bonchev–Trinajstić information content (AvgIpc) is 2.53. The molecule has 2 aromatic rings. The zero-order valence-electron chi connectivity index (χ0n) is 11.5. The number of thioether (sulfide) groups is 2. The molecule has 0 N–H and O–H groups in total. The quantitative estimate of drug-likeness (QED) is 0.584. The maximum Gasteiger partial charge on any atom is 0.173 e. The number of Topliss-reactive ketones (excluding diaryl/α,β-unsaturated/α-hetero) is 1. The number of carbonyl (C=O) groups excluding carboxylic acids is 1. The van der Waals surface area contributed by atoms with Gasteiger partial charge in [-0.1, -0.05) is 18.2 Å². The summed E-state index contributed by atoms with van der Waals surface area (Å²) >= 11 is 3.20. The highest BCUT2D eigenvalue weighted by Gasteiger charge is 2.07. The lowest BCUT2D eigenvalue weighted by Crippen LogP contribution is -2.01. The Bertz CT molecular complexity index is 579. The van der Waals surface area contributed by atoms with Crippen LogP contribution < -0.4 is 4.74 Å². The monoisotopic (exact) mass is 304 g/mol. The molecule has 0 saturated carbocycles. The van der Waals surface area contributed by atoms with E-state index in [1.54, 1.807) is 18.9 Å². The molecule has 104 valence electrons. The van der Waals surface area contributed by atoms with E-state index in [-0.39, 0.29) is 5.78 Å². The van der Waals surface area contributed by atoms with Crippen molar-refractivity contribution in [3.63, 3.8) is 0 Å². The van der Waals surface area contributed by atoms with Crippen LogP contribution in [-0.2, 0) is 0 Å². The fourth-order valence-corrected chi connectivity index (χ4v) is 2.95. The van der Waals surface area contributed by atoms with Gasteiger partial charge in [0.05, 0.1) is 12.9 Å². The van der Waals surface area contributed by atoms with Gasteiger partial charge in [0, 0.05) is 15.4 Å². The van der Waals surface area contributed by atoms with Crippen molar-refractivity contribution in [1.82, 2.24) is 0 Å². The fraction of sp³-hybridized carbons (Fsp3) is 0.188. The molecule has 2 rings (SSSR count). The predicted molar refractivity (Wildman–Crippen MR) is 86.3 cm³/mol. The van der Waals surface area contributed by atoms with Gasteiger partial charge in [-0.05, 0) is 36.6 Å². The van der Waals surface area contributed by atoms with Crippen LogP contribution in [0.1, 0.15) is 10.4 Å². The van der Waals surface area contributed by atoms with E-state index < -0.39 is 0 Å². The van der Waals surface area contributed by atoms with Crippen LogP contribution in [0.5, 0.6) is 5.75 Å². The lowest BCUT2D eigenvalue weighted by atomic mass is 10.1. The summed E-state index contributed by atoms with van der Waals surface area (Å²) < 4.78 is 5.17. The SMILES string of the molecule is COc1cccc(SCC(=O)c2ccc(SC)cc2)c1. The first-order valence-electron chi connectivity index (χ1n) is 6.17. The van der Waals surface area contributed by atoms with E-state index in [1.807, 2.05) is 54.8 Å². The van der Waals surface area contributed by atoms with E-state index >= 15 is 0 Å². The Hall–Kier alpha value is -1.39. The highest BCUT2D eigenvalue weighted by atomic mass is 32.2. The minimum absolute atomic E-state index is 0.144. The second-order valence-electron chi connectivity index (χ2n) is 4.12. The van der Waals surface area contributed by atoms with Crippen molar-refractivity contribution in [2.45, 2.75) is 9.79 Å². The third kappa shape index (κ3) is 4.05. The summed E-state index contributed by atoms with van der Waals surface area (Å²) in [4.78, 5) is 14.3. The second kappa shape index (κ2) is 7.41. The minimum atomic E-state index is 0.144. The van der Waals surface area contributed by atoms with E-state index in [0.717, 1.165) is 16.2 Å². The summed E-state index contributed by atoms with van der Waals surface area (Å²) in [5, 5.41) is 0. The standard InChI is InChI=1S/C16H16O2S2/c1-18-13-4-3-5-15(10-13)20-11-16(17)12-6-8-14(19-2)9-7-12/h3-10H,11H2,1-2H3. The fourth-order valence-electron chi connectivity index (χ4n) is 1.70. The summed E-state index contributed by atoms with van der Waals surface area (Å²) in [6.07, 6.45) is 2.02. The molecule has 0 aromatic heterocycles. The van der Waals surface area contributed by atoms with Crippen molar-refractivity contribution in [3.8, 4) is 5.75 Å². The second-order valence-corrected chi connectivity index (χ2v) is 6.05. The topological polar surface area (TPSA) is 26.3 Å². The lowest BCUT2D eigenvalue weighted by Gasteiger charge is -2.04. The zero-order valence-corrected chi connectivity index (χ0v) is 13.1.